The first-order chi connectivity index (χ1) is 15.1. The average Bonchev–Trinajstić information content (AvgIpc) is 3.49. The molecule has 3 atom stereocenters. The molecule has 2 aromatic rings. The van der Waals surface area contributed by atoms with Gasteiger partial charge in [-0.3, -0.25) is 4.98 Å². The Morgan fingerprint density at radius 1 is 1.13 bits per heavy atom. The van der Waals surface area contributed by atoms with E-state index in [1.165, 1.54) is 49.1 Å². The fraction of sp³-hybridized carbons (Fsp3) is 0.600. The molecule has 6 heteroatoms. The summed E-state index contributed by atoms with van der Waals surface area (Å²) in [4.78, 5) is 7.07. The number of aromatic nitrogens is 2. The zero-order valence-corrected chi connectivity index (χ0v) is 19.5. The van der Waals surface area contributed by atoms with E-state index in [0.717, 1.165) is 36.8 Å². The molecule has 2 aromatic heterocycles. The Morgan fingerprint density at radius 2 is 1.97 bits per heavy atom. The third kappa shape index (κ3) is 4.00. The largest absolute Gasteiger partial charge is 0.376 e. The van der Waals surface area contributed by atoms with Crippen molar-refractivity contribution in [2.75, 3.05) is 13.2 Å². The van der Waals surface area contributed by atoms with Crippen LogP contribution in [0.5, 0.6) is 0 Å². The van der Waals surface area contributed by atoms with Gasteiger partial charge in [-0.25, -0.2) is 0 Å². The predicted octanol–water partition coefficient (Wildman–Crippen LogP) is 5.16. The van der Waals surface area contributed by atoms with Crippen molar-refractivity contribution in [3.05, 3.63) is 53.1 Å². The summed E-state index contributed by atoms with van der Waals surface area (Å²) >= 11 is 5.86. The van der Waals surface area contributed by atoms with Gasteiger partial charge >= 0.3 is 0 Å². The zero-order valence-electron chi connectivity index (χ0n) is 18.7. The monoisotopic (exact) mass is 438 g/mol. The molecule has 1 aliphatic carbocycles. The van der Waals surface area contributed by atoms with Crippen LogP contribution in [0.15, 0.2) is 30.5 Å². The van der Waals surface area contributed by atoms with Crippen molar-refractivity contribution in [3.8, 4) is 0 Å². The second-order valence-corrected chi connectivity index (χ2v) is 9.79. The summed E-state index contributed by atoms with van der Waals surface area (Å²) in [5.41, 5.74) is 5.18. The maximum atomic E-state index is 5.99. The van der Waals surface area contributed by atoms with Crippen LogP contribution in [-0.4, -0.2) is 38.8 Å². The molecule has 2 saturated heterocycles. The minimum atomic E-state index is 0.0513. The van der Waals surface area contributed by atoms with Crippen LogP contribution in [0.25, 0.3) is 0 Å². The van der Waals surface area contributed by atoms with E-state index in [1.807, 2.05) is 12.3 Å². The Labute approximate surface area is 191 Å². The summed E-state index contributed by atoms with van der Waals surface area (Å²) in [7, 11) is 0. The third-order valence-corrected chi connectivity index (χ3v) is 7.76. The molecule has 1 saturated carbocycles. The Kier molecular flexibility index (Phi) is 6.02. The first-order valence-electron chi connectivity index (χ1n) is 11.9. The number of hydrogen-bond donors (Lipinski definition) is 1. The minimum Gasteiger partial charge on any atom is -0.376 e. The molecule has 4 heterocycles. The Hall–Kier alpha value is -1.92. The highest BCUT2D eigenvalue weighted by molar-refractivity contribution is 7.80. The molecular weight excluding hydrogens is 404 g/mol. The van der Waals surface area contributed by atoms with Crippen LogP contribution in [0.1, 0.15) is 85.7 Å². The number of rotatable bonds is 5. The van der Waals surface area contributed by atoms with Crippen LogP contribution in [0.2, 0.25) is 0 Å². The average molecular weight is 439 g/mol. The van der Waals surface area contributed by atoms with Crippen molar-refractivity contribution in [2.24, 2.45) is 0 Å². The van der Waals surface area contributed by atoms with Crippen LogP contribution in [0.3, 0.4) is 0 Å². The van der Waals surface area contributed by atoms with Gasteiger partial charge in [0.25, 0.3) is 0 Å². The molecule has 5 nitrogen and oxygen atoms in total. The number of nitrogens with zero attached hydrogens (tertiary/aromatic N) is 3. The maximum absolute atomic E-state index is 5.99. The Morgan fingerprint density at radius 3 is 2.68 bits per heavy atom. The minimum absolute atomic E-state index is 0.0513. The van der Waals surface area contributed by atoms with Gasteiger partial charge in [0, 0.05) is 36.8 Å². The second-order valence-electron chi connectivity index (χ2n) is 9.40. The lowest BCUT2D eigenvalue weighted by atomic mass is 9.94. The van der Waals surface area contributed by atoms with Gasteiger partial charge in [-0.2, -0.15) is 0 Å². The molecule has 1 N–H and O–H groups in total. The zero-order chi connectivity index (χ0) is 21.4. The summed E-state index contributed by atoms with van der Waals surface area (Å²) in [6.45, 7) is 6.28. The van der Waals surface area contributed by atoms with E-state index in [0.29, 0.717) is 6.04 Å². The number of ether oxygens (including phenoxy) is 1. The number of pyridine rings is 1. The molecule has 0 bridgehead atoms. The standard InChI is InChI=1S/C25H34N4OS/c1-17-15-21(18(2)29(17)19-9-4-3-5-10-19)24-23(22-12-6-7-13-26-22)27-25(31)28(24)16-20-11-8-14-30-20/h6-7,12-13,15,19-20,23-24H,3-5,8-11,14,16H2,1-2H3,(H,27,31)/t20-,23-,24+/m0/s1. The van der Waals surface area contributed by atoms with Gasteiger partial charge in [-0.1, -0.05) is 25.3 Å². The highest BCUT2D eigenvalue weighted by Crippen LogP contribution is 2.43. The van der Waals surface area contributed by atoms with Gasteiger partial charge in [0.15, 0.2) is 5.11 Å². The van der Waals surface area contributed by atoms with E-state index in [2.05, 4.69) is 46.8 Å². The number of thiocarbonyl (C=S) groups is 1. The summed E-state index contributed by atoms with van der Waals surface area (Å²) in [6, 6.07) is 9.38. The lowest BCUT2D eigenvalue weighted by molar-refractivity contribution is 0.0841. The van der Waals surface area contributed by atoms with Crippen molar-refractivity contribution in [1.82, 2.24) is 19.8 Å². The van der Waals surface area contributed by atoms with Gasteiger partial charge in [-0.05, 0) is 75.5 Å². The van der Waals surface area contributed by atoms with Crippen LogP contribution < -0.4 is 5.32 Å². The third-order valence-electron chi connectivity index (χ3n) is 7.40. The summed E-state index contributed by atoms with van der Waals surface area (Å²) < 4.78 is 8.60. The van der Waals surface area contributed by atoms with Crippen molar-refractivity contribution in [2.45, 2.75) is 83.0 Å². The molecule has 3 aliphatic rings. The van der Waals surface area contributed by atoms with E-state index in [-0.39, 0.29) is 18.2 Å². The number of hydrogen-bond acceptors (Lipinski definition) is 3. The summed E-state index contributed by atoms with van der Waals surface area (Å²) in [5.74, 6) is 0. The molecule has 31 heavy (non-hydrogen) atoms. The summed E-state index contributed by atoms with van der Waals surface area (Å²) in [6.07, 6.45) is 11.0. The molecular formula is C25H34N4OS. The van der Waals surface area contributed by atoms with E-state index in [4.69, 9.17) is 21.9 Å². The van der Waals surface area contributed by atoms with E-state index >= 15 is 0 Å². The van der Waals surface area contributed by atoms with Gasteiger partial charge in [0.1, 0.15) is 0 Å². The van der Waals surface area contributed by atoms with Crippen LogP contribution in [0.4, 0.5) is 0 Å². The second kappa shape index (κ2) is 8.91. The van der Waals surface area contributed by atoms with Crippen LogP contribution >= 0.6 is 12.2 Å². The van der Waals surface area contributed by atoms with Crippen molar-refractivity contribution < 1.29 is 4.74 Å². The topological polar surface area (TPSA) is 42.3 Å². The molecule has 166 valence electrons. The quantitative estimate of drug-likeness (QED) is 0.654. The van der Waals surface area contributed by atoms with Gasteiger partial charge in [-0.15, -0.1) is 0 Å². The lowest BCUT2D eigenvalue weighted by Gasteiger charge is -2.31. The lowest BCUT2D eigenvalue weighted by Crippen LogP contribution is -2.36. The molecule has 0 aromatic carbocycles. The van der Waals surface area contributed by atoms with E-state index in [1.54, 1.807) is 0 Å². The smallest absolute Gasteiger partial charge is 0.170 e. The number of nitrogens with one attached hydrogen (secondary N) is 1. The van der Waals surface area contributed by atoms with Gasteiger partial charge in [0.05, 0.1) is 23.9 Å². The van der Waals surface area contributed by atoms with Crippen LogP contribution in [0, 0.1) is 13.8 Å². The number of aryl methyl sites for hydroxylation is 1. The van der Waals surface area contributed by atoms with E-state index < -0.39 is 0 Å². The highest BCUT2D eigenvalue weighted by Gasteiger charge is 2.42. The van der Waals surface area contributed by atoms with Gasteiger partial charge in [0.2, 0.25) is 0 Å². The highest BCUT2D eigenvalue weighted by atomic mass is 32.1. The Balaban J connectivity index is 1.54. The molecule has 3 fully saturated rings. The Bertz CT molecular complexity index is 915. The fourth-order valence-electron chi connectivity index (χ4n) is 5.95. The summed E-state index contributed by atoms with van der Waals surface area (Å²) in [5, 5.41) is 4.43. The normalized spacial score (nSPS) is 27.1. The molecule has 0 radical (unpaired) electrons. The van der Waals surface area contributed by atoms with Crippen LogP contribution in [-0.2, 0) is 4.74 Å². The SMILES string of the molecule is Cc1cc([C@@H]2[C@H](c3ccccn3)NC(=S)N2C[C@@H]2CCCO2)c(C)n1C1CCCCC1. The first-order valence-corrected chi connectivity index (χ1v) is 12.3. The molecule has 0 amide bonds. The van der Waals surface area contributed by atoms with Crippen molar-refractivity contribution >= 4 is 17.3 Å². The van der Waals surface area contributed by atoms with Crippen molar-refractivity contribution in [1.29, 1.82) is 0 Å². The molecule has 2 aliphatic heterocycles. The van der Waals surface area contributed by atoms with Gasteiger partial charge < -0.3 is 19.5 Å². The molecule has 0 unspecified atom stereocenters. The predicted molar refractivity (Wildman–Crippen MR) is 127 cm³/mol. The van der Waals surface area contributed by atoms with Crippen molar-refractivity contribution in [3.63, 3.8) is 0 Å². The molecule has 5 rings (SSSR count). The maximum Gasteiger partial charge on any atom is 0.170 e. The molecule has 0 spiro atoms. The fourth-order valence-corrected chi connectivity index (χ4v) is 6.27. The first kappa shape index (κ1) is 21.0. The van der Waals surface area contributed by atoms with E-state index in [9.17, 15) is 0 Å².